The summed E-state index contributed by atoms with van der Waals surface area (Å²) in [5.74, 6) is 4.26. The van der Waals surface area contributed by atoms with Gasteiger partial charge >= 0.3 is 11.9 Å². The van der Waals surface area contributed by atoms with E-state index in [9.17, 15) is 9.59 Å². The summed E-state index contributed by atoms with van der Waals surface area (Å²) in [4.78, 5) is 29.9. The lowest BCUT2D eigenvalue weighted by atomic mass is 9.89. The van der Waals surface area contributed by atoms with Gasteiger partial charge in [-0.3, -0.25) is 14.5 Å². The average Bonchev–Trinajstić information content (AvgIpc) is 3.15. The van der Waals surface area contributed by atoms with Gasteiger partial charge in [0.15, 0.2) is 0 Å². The van der Waals surface area contributed by atoms with Crippen molar-refractivity contribution >= 4 is 11.9 Å². The quantitative estimate of drug-likeness (QED) is 0.0458. The Morgan fingerprint density at radius 2 is 0.946 bits per heavy atom. The first-order valence-electron chi connectivity index (χ1n) is 24.2. The molecular formula is C49H96N2O5. The van der Waals surface area contributed by atoms with Crippen LogP contribution >= 0.6 is 0 Å². The number of esters is 2. The molecule has 2 unspecified atom stereocenters. The van der Waals surface area contributed by atoms with E-state index in [1.165, 1.54) is 96.4 Å². The van der Waals surface area contributed by atoms with Crippen LogP contribution in [0.2, 0.25) is 0 Å². The highest BCUT2D eigenvalue weighted by Gasteiger charge is 2.18. The van der Waals surface area contributed by atoms with Crippen LogP contribution in [0.15, 0.2) is 0 Å². The number of carbonyl (C=O) groups is 2. The minimum absolute atomic E-state index is 0.00178. The van der Waals surface area contributed by atoms with Gasteiger partial charge in [0.1, 0.15) is 0 Å². The van der Waals surface area contributed by atoms with Crippen molar-refractivity contribution in [2.75, 3.05) is 66.2 Å². The molecule has 0 radical (unpaired) electrons. The van der Waals surface area contributed by atoms with Gasteiger partial charge in [-0.05, 0) is 87.0 Å². The zero-order chi connectivity index (χ0) is 41.4. The van der Waals surface area contributed by atoms with Crippen molar-refractivity contribution in [3.63, 3.8) is 0 Å². The standard InChI is InChI=1S/C49H96N2O5/c1-41(2)28-30-46(43(5)6)39-55-48(52)26-22-18-14-10-12-16-20-24-45(38-50(9)32-33-51-34-36-54-37-35-51)25-21-17-13-11-15-19-23-27-49(53)56-40-47(44(7)8)31-29-42(3)4/h41-47H,10-40H2,1-9H3. The highest BCUT2D eigenvalue weighted by atomic mass is 16.5. The number of nitrogens with zero attached hydrogens (tertiary/aromatic N) is 2. The third kappa shape index (κ3) is 30.8. The SMILES string of the molecule is CC(C)CCC(COC(=O)CCCCCCCCCC(CCCCCCCCCC(=O)OCC(CCC(C)C)C(C)C)CN(C)CCN1CCOCC1)C(C)C. The number of unbranched alkanes of at least 4 members (excludes halogenated alkanes) is 12. The van der Waals surface area contributed by atoms with Gasteiger partial charge in [-0.25, -0.2) is 0 Å². The Labute approximate surface area is 348 Å². The highest BCUT2D eigenvalue weighted by Crippen LogP contribution is 2.24. The maximum atomic E-state index is 12.4. The molecule has 0 amide bonds. The molecule has 56 heavy (non-hydrogen) atoms. The van der Waals surface area contributed by atoms with Crippen molar-refractivity contribution in [1.29, 1.82) is 0 Å². The van der Waals surface area contributed by atoms with Crippen LogP contribution in [0, 0.1) is 41.4 Å². The fraction of sp³-hybridized carbons (Fsp3) is 0.959. The second-order valence-electron chi connectivity index (χ2n) is 19.4. The van der Waals surface area contributed by atoms with E-state index in [0.29, 0.717) is 61.6 Å². The maximum absolute atomic E-state index is 12.4. The molecule has 0 bridgehead atoms. The monoisotopic (exact) mass is 793 g/mol. The Balaban J connectivity index is 2.25. The summed E-state index contributed by atoms with van der Waals surface area (Å²) in [5.41, 5.74) is 0. The molecule has 1 aliphatic rings. The smallest absolute Gasteiger partial charge is 0.305 e. The molecule has 1 heterocycles. The summed E-state index contributed by atoms with van der Waals surface area (Å²) >= 11 is 0. The molecule has 0 N–H and O–H groups in total. The van der Waals surface area contributed by atoms with E-state index >= 15 is 0 Å². The zero-order valence-electron chi connectivity index (χ0n) is 38.9. The van der Waals surface area contributed by atoms with Crippen molar-refractivity contribution in [3.8, 4) is 0 Å². The van der Waals surface area contributed by atoms with Crippen LogP contribution in [0.4, 0.5) is 0 Å². The highest BCUT2D eigenvalue weighted by molar-refractivity contribution is 5.69. The van der Waals surface area contributed by atoms with Gasteiger partial charge < -0.3 is 19.1 Å². The van der Waals surface area contributed by atoms with Gasteiger partial charge in [0, 0.05) is 45.6 Å². The Kier molecular flexibility index (Phi) is 32.7. The Morgan fingerprint density at radius 3 is 1.34 bits per heavy atom. The first kappa shape index (κ1) is 52.8. The largest absolute Gasteiger partial charge is 0.465 e. The molecule has 0 saturated carbocycles. The van der Waals surface area contributed by atoms with Crippen LogP contribution in [0.3, 0.4) is 0 Å². The van der Waals surface area contributed by atoms with Crippen LogP contribution < -0.4 is 0 Å². The first-order valence-corrected chi connectivity index (χ1v) is 24.2. The lowest BCUT2D eigenvalue weighted by Gasteiger charge is -2.30. The summed E-state index contributed by atoms with van der Waals surface area (Å²) in [7, 11) is 2.32. The molecule has 1 rings (SSSR count). The van der Waals surface area contributed by atoms with Crippen molar-refractivity contribution < 1.29 is 23.8 Å². The minimum Gasteiger partial charge on any atom is -0.465 e. The van der Waals surface area contributed by atoms with Crippen molar-refractivity contribution in [3.05, 3.63) is 0 Å². The van der Waals surface area contributed by atoms with Gasteiger partial charge in [0.05, 0.1) is 26.4 Å². The van der Waals surface area contributed by atoms with E-state index in [1.807, 2.05) is 0 Å². The molecule has 1 aliphatic heterocycles. The van der Waals surface area contributed by atoms with E-state index < -0.39 is 0 Å². The van der Waals surface area contributed by atoms with Crippen LogP contribution in [-0.2, 0) is 23.8 Å². The number of rotatable bonds is 37. The Morgan fingerprint density at radius 1 is 0.554 bits per heavy atom. The summed E-state index contributed by atoms with van der Waals surface area (Å²) in [5, 5.41) is 0. The second-order valence-corrected chi connectivity index (χ2v) is 19.4. The Bertz CT molecular complexity index is 860. The summed E-state index contributed by atoms with van der Waals surface area (Å²) in [6.07, 6.45) is 25.7. The predicted octanol–water partition coefficient (Wildman–Crippen LogP) is 12.4. The van der Waals surface area contributed by atoms with Crippen molar-refractivity contribution in [2.24, 2.45) is 41.4 Å². The van der Waals surface area contributed by atoms with E-state index in [2.05, 4.69) is 72.2 Å². The van der Waals surface area contributed by atoms with Crippen LogP contribution in [-0.4, -0.2) is 87.9 Å². The fourth-order valence-electron chi connectivity index (χ4n) is 8.03. The molecule has 1 saturated heterocycles. The van der Waals surface area contributed by atoms with Crippen LogP contribution in [0.1, 0.15) is 197 Å². The molecule has 0 aliphatic carbocycles. The van der Waals surface area contributed by atoms with Gasteiger partial charge in [-0.15, -0.1) is 0 Å². The van der Waals surface area contributed by atoms with Crippen molar-refractivity contribution in [1.82, 2.24) is 9.80 Å². The van der Waals surface area contributed by atoms with E-state index in [1.54, 1.807) is 0 Å². The number of hydrogen-bond donors (Lipinski definition) is 0. The van der Waals surface area contributed by atoms with E-state index in [0.717, 1.165) is 83.8 Å². The number of carbonyl (C=O) groups excluding carboxylic acids is 2. The van der Waals surface area contributed by atoms with Gasteiger partial charge in [-0.1, -0.05) is 145 Å². The van der Waals surface area contributed by atoms with Gasteiger partial charge in [-0.2, -0.15) is 0 Å². The number of morpholine rings is 1. The molecule has 2 atom stereocenters. The molecular weight excluding hydrogens is 697 g/mol. The molecule has 332 valence electrons. The van der Waals surface area contributed by atoms with E-state index in [4.69, 9.17) is 14.2 Å². The number of hydrogen-bond acceptors (Lipinski definition) is 7. The summed E-state index contributed by atoms with van der Waals surface area (Å²) < 4.78 is 16.9. The maximum Gasteiger partial charge on any atom is 0.305 e. The first-order chi connectivity index (χ1) is 26.9. The molecule has 1 fully saturated rings. The van der Waals surface area contributed by atoms with Crippen molar-refractivity contribution in [2.45, 2.75) is 197 Å². The average molecular weight is 793 g/mol. The predicted molar refractivity (Wildman–Crippen MR) is 238 cm³/mol. The summed E-state index contributed by atoms with van der Waals surface area (Å²) in [6, 6.07) is 0. The third-order valence-corrected chi connectivity index (χ3v) is 12.5. The van der Waals surface area contributed by atoms with Gasteiger partial charge in [0.2, 0.25) is 0 Å². The van der Waals surface area contributed by atoms with E-state index in [-0.39, 0.29) is 11.9 Å². The molecule has 7 heteroatoms. The second kappa shape index (κ2) is 34.7. The third-order valence-electron chi connectivity index (χ3n) is 12.5. The van der Waals surface area contributed by atoms with Gasteiger partial charge in [0.25, 0.3) is 0 Å². The lowest BCUT2D eigenvalue weighted by Crippen LogP contribution is -2.41. The van der Waals surface area contributed by atoms with Crippen LogP contribution in [0.5, 0.6) is 0 Å². The zero-order valence-corrected chi connectivity index (χ0v) is 38.9. The fourth-order valence-corrected chi connectivity index (χ4v) is 8.03. The minimum atomic E-state index is -0.00178. The summed E-state index contributed by atoms with van der Waals surface area (Å²) in [6.45, 7) is 26.6. The molecule has 7 nitrogen and oxygen atoms in total. The van der Waals surface area contributed by atoms with Crippen LogP contribution in [0.25, 0.3) is 0 Å². The normalized spacial score (nSPS) is 15.7. The number of ether oxygens (including phenoxy) is 3. The lowest BCUT2D eigenvalue weighted by molar-refractivity contribution is -0.146. The molecule has 0 aromatic rings. The number of likely N-dealkylation sites (N-methyl/N-ethyl adjacent to an activating group) is 1. The molecule has 0 aromatic heterocycles. The Hall–Kier alpha value is -1.18. The molecule has 0 spiro atoms. The topological polar surface area (TPSA) is 68.3 Å². The molecule has 0 aromatic carbocycles.